The molecule has 4 aromatic rings. The van der Waals surface area contributed by atoms with Crippen LogP contribution < -0.4 is 0 Å². The second-order valence-corrected chi connectivity index (χ2v) is 9.48. The molecule has 0 bridgehead atoms. The van der Waals surface area contributed by atoms with Gasteiger partial charge >= 0.3 is 0 Å². The minimum Gasteiger partial charge on any atom is -0.467 e. The molecule has 2 amide bonds. The Balaban J connectivity index is 1.59. The van der Waals surface area contributed by atoms with Crippen molar-refractivity contribution in [3.63, 3.8) is 0 Å². The molecule has 180 valence electrons. The molecule has 0 N–H and O–H groups in total. The maximum Gasteiger partial charge on any atom is 0.257 e. The van der Waals surface area contributed by atoms with Crippen molar-refractivity contribution in [1.82, 2.24) is 9.80 Å². The summed E-state index contributed by atoms with van der Waals surface area (Å²) in [7, 11) is 0. The van der Waals surface area contributed by atoms with E-state index in [9.17, 15) is 18.4 Å². The van der Waals surface area contributed by atoms with Crippen molar-refractivity contribution in [3.8, 4) is 0 Å². The maximum absolute atomic E-state index is 14.4. The number of hydrogen-bond acceptors (Lipinski definition) is 4. The topological polar surface area (TPSA) is 53.8 Å². The lowest BCUT2D eigenvalue weighted by atomic mass is 10.1. The summed E-state index contributed by atoms with van der Waals surface area (Å²) in [5.41, 5.74) is 0.636. The minimum atomic E-state index is -0.661. The summed E-state index contributed by atoms with van der Waals surface area (Å²) in [5.74, 6) is -1.48. The van der Waals surface area contributed by atoms with Gasteiger partial charge in [0.25, 0.3) is 5.91 Å². The van der Waals surface area contributed by atoms with Crippen LogP contribution in [0.2, 0.25) is 0 Å². The molecule has 0 saturated heterocycles. The molecule has 0 atom stereocenters. The first kappa shape index (κ1) is 24.3. The quantitative estimate of drug-likeness (QED) is 0.296. The van der Waals surface area contributed by atoms with Crippen LogP contribution in [0.4, 0.5) is 8.78 Å². The van der Waals surface area contributed by atoms with E-state index < -0.39 is 11.7 Å². The largest absolute Gasteiger partial charge is 0.467 e. The van der Waals surface area contributed by atoms with Gasteiger partial charge in [-0.05, 0) is 61.0 Å². The van der Waals surface area contributed by atoms with E-state index in [1.807, 2.05) is 19.1 Å². The van der Waals surface area contributed by atoms with Gasteiger partial charge in [-0.15, -0.1) is 11.3 Å². The number of nitrogens with zero attached hydrogens (tertiary/aromatic N) is 2. The standard InChI is InChI=1S/C27H24F2N2O3S/c1-19-8-13-23(35-19)17-30(15-20-9-11-21(28)12-10-20)26(32)18-31(16-22-5-4-14-34-22)27(33)24-6-2-3-7-25(24)29/h2-14H,15-18H2,1H3. The fraction of sp³-hybridized carbons (Fsp3) is 0.185. The second-order valence-electron chi connectivity index (χ2n) is 8.11. The van der Waals surface area contributed by atoms with E-state index in [4.69, 9.17) is 4.42 Å². The van der Waals surface area contributed by atoms with E-state index in [1.165, 1.54) is 41.5 Å². The van der Waals surface area contributed by atoms with Crippen LogP contribution in [0.1, 0.15) is 31.4 Å². The Hall–Kier alpha value is -3.78. The van der Waals surface area contributed by atoms with Crippen molar-refractivity contribution in [2.75, 3.05) is 6.54 Å². The number of thiophene rings is 1. The fourth-order valence-electron chi connectivity index (χ4n) is 3.66. The molecule has 4 rings (SSSR count). The Morgan fingerprint density at radius 3 is 2.29 bits per heavy atom. The molecule has 0 aliphatic carbocycles. The molecule has 8 heteroatoms. The predicted octanol–water partition coefficient (Wildman–Crippen LogP) is 5.80. The van der Waals surface area contributed by atoms with Gasteiger partial charge in [-0.25, -0.2) is 8.78 Å². The van der Waals surface area contributed by atoms with Crippen LogP contribution in [0.25, 0.3) is 0 Å². The molecule has 35 heavy (non-hydrogen) atoms. The molecule has 0 fully saturated rings. The van der Waals surface area contributed by atoms with Crippen LogP contribution in [0.15, 0.2) is 83.5 Å². The van der Waals surface area contributed by atoms with Crippen LogP contribution in [0.3, 0.4) is 0 Å². The monoisotopic (exact) mass is 494 g/mol. The molecular formula is C27H24F2N2O3S. The normalized spacial score (nSPS) is 10.8. The Morgan fingerprint density at radius 2 is 1.63 bits per heavy atom. The van der Waals surface area contributed by atoms with Crippen molar-refractivity contribution >= 4 is 23.2 Å². The summed E-state index contributed by atoms with van der Waals surface area (Å²) < 4.78 is 33.2. The summed E-state index contributed by atoms with van der Waals surface area (Å²) in [6.07, 6.45) is 1.48. The Kier molecular flexibility index (Phi) is 7.72. The third-order valence-electron chi connectivity index (χ3n) is 5.43. The van der Waals surface area contributed by atoms with Gasteiger partial charge in [0, 0.05) is 16.3 Å². The molecule has 0 unspecified atom stereocenters. The molecule has 2 aromatic heterocycles. The van der Waals surface area contributed by atoms with Gasteiger partial charge in [0.2, 0.25) is 5.91 Å². The van der Waals surface area contributed by atoms with Crippen molar-refractivity contribution < 1.29 is 22.8 Å². The first-order valence-electron chi connectivity index (χ1n) is 11.0. The van der Waals surface area contributed by atoms with Crippen LogP contribution >= 0.6 is 11.3 Å². The van der Waals surface area contributed by atoms with E-state index in [1.54, 1.807) is 46.6 Å². The highest BCUT2D eigenvalue weighted by atomic mass is 32.1. The minimum absolute atomic E-state index is 0.00834. The fourth-order valence-corrected chi connectivity index (χ4v) is 4.57. The van der Waals surface area contributed by atoms with Gasteiger partial charge in [-0.2, -0.15) is 0 Å². The SMILES string of the molecule is Cc1ccc(CN(Cc2ccc(F)cc2)C(=O)CN(Cc2ccco2)C(=O)c2ccccc2F)s1. The van der Waals surface area contributed by atoms with Crippen molar-refractivity contribution in [1.29, 1.82) is 0 Å². The number of aryl methyl sites for hydroxylation is 1. The number of hydrogen-bond donors (Lipinski definition) is 0. The first-order chi connectivity index (χ1) is 16.9. The molecule has 2 aromatic carbocycles. The summed E-state index contributed by atoms with van der Waals surface area (Å²) in [4.78, 5) is 31.7. The summed E-state index contributed by atoms with van der Waals surface area (Å²) in [5, 5.41) is 0. The zero-order valence-electron chi connectivity index (χ0n) is 19.1. The highest BCUT2D eigenvalue weighted by Crippen LogP contribution is 2.20. The van der Waals surface area contributed by atoms with Crippen LogP contribution in [0.5, 0.6) is 0 Å². The first-order valence-corrected chi connectivity index (χ1v) is 11.8. The van der Waals surface area contributed by atoms with Gasteiger partial charge in [0.1, 0.15) is 23.9 Å². The van der Waals surface area contributed by atoms with Crippen molar-refractivity contribution in [2.24, 2.45) is 0 Å². The zero-order valence-corrected chi connectivity index (χ0v) is 19.9. The van der Waals surface area contributed by atoms with E-state index in [2.05, 4.69) is 0 Å². The summed E-state index contributed by atoms with van der Waals surface area (Å²) in [6.45, 7) is 2.28. The van der Waals surface area contributed by atoms with E-state index >= 15 is 0 Å². The Bertz CT molecular complexity index is 1290. The van der Waals surface area contributed by atoms with E-state index in [0.717, 1.165) is 15.3 Å². The summed E-state index contributed by atoms with van der Waals surface area (Å²) >= 11 is 1.58. The number of carbonyl (C=O) groups excluding carboxylic acids is 2. The van der Waals surface area contributed by atoms with Crippen LogP contribution in [0, 0.1) is 18.6 Å². The van der Waals surface area contributed by atoms with Crippen LogP contribution in [-0.4, -0.2) is 28.2 Å². The highest BCUT2D eigenvalue weighted by molar-refractivity contribution is 7.11. The number of rotatable bonds is 9. The molecule has 0 spiro atoms. The zero-order chi connectivity index (χ0) is 24.8. The average Bonchev–Trinajstić information content (AvgIpc) is 3.51. The van der Waals surface area contributed by atoms with Gasteiger partial charge in [0.05, 0.1) is 24.9 Å². The third-order valence-corrected chi connectivity index (χ3v) is 6.41. The molecule has 0 aliphatic heterocycles. The molecule has 0 radical (unpaired) electrons. The molecule has 5 nitrogen and oxygen atoms in total. The van der Waals surface area contributed by atoms with Gasteiger partial charge < -0.3 is 14.2 Å². The second kappa shape index (κ2) is 11.1. The molecule has 0 aliphatic rings. The lowest BCUT2D eigenvalue weighted by Crippen LogP contribution is -2.42. The Morgan fingerprint density at radius 1 is 0.857 bits per heavy atom. The molecular weight excluding hydrogens is 470 g/mol. The van der Waals surface area contributed by atoms with E-state index in [-0.39, 0.29) is 36.9 Å². The summed E-state index contributed by atoms with van der Waals surface area (Å²) in [6, 6.07) is 18.9. The molecule has 0 saturated carbocycles. The van der Waals surface area contributed by atoms with Gasteiger partial charge in [-0.3, -0.25) is 9.59 Å². The third kappa shape index (κ3) is 6.42. The smallest absolute Gasteiger partial charge is 0.257 e. The predicted molar refractivity (Wildman–Crippen MR) is 130 cm³/mol. The van der Waals surface area contributed by atoms with Crippen molar-refractivity contribution in [3.05, 3.63) is 117 Å². The lowest BCUT2D eigenvalue weighted by Gasteiger charge is -2.27. The maximum atomic E-state index is 14.4. The van der Waals surface area contributed by atoms with Crippen LogP contribution in [-0.2, 0) is 24.4 Å². The number of benzene rings is 2. The number of furan rings is 1. The van der Waals surface area contributed by atoms with Crippen molar-refractivity contribution in [2.45, 2.75) is 26.6 Å². The lowest BCUT2D eigenvalue weighted by molar-refractivity contribution is -0.133. The average molecular weight is 495 g/mol. The van der Waals surface area contributed by atoms with Gasteiger partial charge in [-0.1, -0.05) is 24.3 Å². The molecule has 2 heterocycles. The van der Waals surface area contributed by atoms with E-state index in [0.29, 0.717) is 12.3 Å². The number of carbonyl (C=O) groups is 2. The van der Waals surface area contributed by atoms with Gasteiger partial charge in [0.15, 0.2) is 0 Å². The number of halogens is 2. The Labute approximate surface area is 206 Å². The highest BCUT2D eigenvalue weighted by Gasteiger charge is 2.25. The number of amides is 2.